The van der Waals surface area contributed by atoms with E-state index in [-0.39, 0.29) is 11.2 Å². The van der Waals surface area contributed by atoms with Crippen molar-refractivity contribution in [3.05, 3.63) is 59.1 Å². The first-order valence-electron chi connectivity index (χ1n) is 7.12. The number of carbonyl (C=O) groups excluding carboxylic acids is 1. The monoisotopic (exact) mass is 345 g/mol. The molecule has 1 N–H and O–H groups in total. The van der Waals surface area contributed by atoms with Gasteiger partial charge in [0.2, 0.25) is 5.91 Å². The Morgan fingerprint density at radius 3 is 2.65 bits per heavy atom. The van der Waals surface area contributed by atoms with Crippen molar-refractivity contribution in [2.24, 2.45) is 0 Å². The zero-order chi connectivity index (χ0) is 16.4. The van der Waals surface area contributed by atoms with Gasteiger partial charge in [0.1, 0.15) is 5.25 Å². The van der Waals surface area contributed by atoms with Crippen molar-refractivity contribution in [3.8, 4) is 0 Å². The lowest BCUT2D eigenvalue weighted by Gasteiger charge is -2.19. The van der Waals surface area contributed by atoms with Gasteiger partial charge in [0, 0.05) is 19.1 Å². The highest BCUT2D eigenvalue weighted by Gasteiger charge is 2.24. The van der Waals surface area contributed by atoms with E-state index in [1.54, 1.807) is 25.1 Å². The number of aromatic nitrogens is 2. The number of carbonyl (C=O) groups is 1. The Labute approximate surface area is 143 Å². The molecule has 0 fully saturated rings. The number of thioether (sulfide) groups is 1. The molecule has 1 heterocycles. The summed E-state index contributed by atoms with van der Waals surface area (Å²) < 4.78 is 0. The third-order valence-corrected chi connectivity index (χ3v) is 4.78. The summed E-state index contributed by atoms with van der Waals surface area (Å²) in [5.41, 5.74) is 2.65. The maximum absolute atomic E-state index is 12.6. The zero-order valence-corrected chi connectivity index (χ0v) is 14.4. The zero-order valence-electron chi connectivity index (χ0n) is 12.8. The van der Waals surface area contributed by atoms with Crippen LogP contribution in [0.15, 0.2) is 53.7 Å². The molecule has 0 spiro atoms. The summed E-state index contributed by atoms with van der Waals surface area (Å²) in [6, 6.07) is 15.2. The fraction of sp³-hybridized carbons (Fsp3) is 0.176. The number of imidazole rings is 1. The summed E-state index contributed by atoms with van der Waals surface area (Å²) in [4.78, 5) is 21.9. The normalized spacial score (nSPS) is 12.3. The maximum atomic E-state index is 12.6. The largest absolute Gasteiger partial charge is 0.348 e. The molecule has 1 aromatic heterocycles. The first-order valence-corrected chi connectivity index (χ1v) is 8.38. The van der Waals surface area contributed by atoms with Crippen LogP contribution in [0.3, 0.4) is 0 Å². The molecule has 0 saturated heterocycles. The number of hydrogen-bond acceptors (Lipinski definition) is 3. The molecule has 3 aromatic rings. The van der Waals surface area contributed by atoms with Crippen LogP contribution in [0.25, 0.3) is 11.0 Å². The highest BCUT2D eigenvalue weighted by atomic mass is 35.5. The number of H-pyrrole nitrogens is 1. The van der Waals surface area contributed by atoms with Gasteiger partial charge in [-0.15, -0.1) is 0 Å². The second-order valence-corrected chi connectivity index (χ2v) is 6.87. The van der Waals surface area contributed by atoms with E-state index < -0.39 is 0 Å². The summed E-state index contributed by atoms with van der Waals surface area (Å²) >= 11 is 7.42. The Balaban J connectivity index is 1.95. The van der Waals surface area contributed by atoms with Crippen LogP contribution in [0, 0.1) is 0 Å². The molecule has 4 nitrogen and oxygen atoms in total. The average Bonchev–Trinajstić information content (AvgIpc) is 2.94. The number of hydrogen-bond donors (Lipinski definition) is 1. The molecule has 3 rings (SSSR count). The maximum Gasteiger partial charge on any atom is 0.240 e. The smallest absolute Gasteiger partial charge is 0.240 e. The van der Waals surface area contributed by atoms with Crippen LogP contribution in [0.1, 0.15) is 10.8 Å². The Bertz CT molecular complexity index is 832. The van der Waals surface area contributed by atoms with Crippen LogP contribution >= 0.6 is 23.4 Å². The number of aromatic amines is 1. The minimum Gasteiger partial charge on any atom is -0.348 e. The van der Waals surface area contributed by atoms with Gasteiger partial charge in [-0.3, -0.25) is 4.79 Å². The van der Waals surface area contributed by atoms with Crippen molar-refractivity contribution < 1.29 is 4.79 Å². The number of nitrogens with zero attached hydrogens (tertiary/aromatic N) is 2. The molecule has 1 atom stereocenters. The van der Waals surface area contributed by atoms with Crippen LogP contribution < -0.4 is 0 Å². The molecule has 0 radical (unpaired) electrons. The van der Waals surface area contributed by atoms with Crippen molar-refractivity contribution in [1.29, 1.82) is 0 Å². The van der Waals surface area contributed by atoms with E-state index >= 15 is 0 Å². The van der Waals surface area contributed by atoms with Gasteiger partial charge < -0.3 is 9.88 Å². The molecule has 0 aliphatic heterocycles. The average molecular weight is 346 g/mol. The van der Waals surface area contributed by atoms with Gasteiger partial charge in [0.15, 0.2) is 5.16 Å². The van der Waals surface area contributed by atoms with Crippen LogP contribution in [0.4, 0.5) is 0 Å². The summed E-state index contributed by atoms with van der Waals surface area (Å²) in [5, 5.41) is 1.01. The number of halogens is 1. The predicted octanol–water partition coefficient (Wildman–Crippen LogP) is 4.14. The highest BCUT2D eigenvalue weighted by Crippen LogP contribution is 2.36. The SMILES string of the molecule is CN(C)C(=O)C(Sc1nc2ccc(Cl)cc2[nH]1)c1ccccc1. The van der Waals surface area contributed by atoms with Gasteiger partial charge in [0.05, 0.1) is 11.0 Å². The molecule has 1 amide bonds. The van der Waals surface area contributed by atoms with Crippen LogP contribution in [-0.2, 0) is 4.79 Å². The van der Waals surface area contributed by atoms with E-state index in [1.807, 2.05) is 42.5 Å². The third-order valence-electron chi connectivity index (χ3n) is 3.42. The molecule has 6 heteroatoms. The van der Waals surface area contributed by atoms with E-state index in [0.29, 0.717) is 10.2 Å². The Hall–Kier alpha value is -1.98. The van der Waals surface area contributed by atoms with Gasteiger partial charge in [-0.05, 0) is 23.8 Å². The second kappa shape index (κ2) is 6.64. The summed E-state index contributed by atoms with van der Waals surface area (Å²) in [6.45, 7) is 0. The van der Waals surface area contributed by atoms with Crippen LogP contribution in [0.5, 0.6) is 0 Å². The van der Waals surface area contributed by atoms with Crippen molar-refractivity contribution in [2.45, 2.75) is 10.4 Å². The van der Waals surface area contributed by atoms with Crippen molar-refractivity contribution >= 4 is 40.3 Å². The van der Waals surface area contributed by atoms with E-state index in [2.05, 4.69) is 9.97 Å². The first kappa shape index (κ1) is 15.9. The van der Waals surface area contributed by atoms with E-state index in [0.717, 1.165) is 16.6 Å². The summed E-state index contributed by atoms with van der Waals surface area (Å²) in [7, 11) is 3.52. The van der Waals surface area contributed by atoms with Crippen molar-refractivity contribution in [3.63, 3.8) is 0 Å². The lowest BCUT2D eigenvalue weighted by Crippen LogP contribution is -2.26. The summed E-state index contributed by atoms with van der Waals surface area (Å²) in [6.07, 6.45) is 0. The predicted molar refractivity (Wildman–Crippen MR) is 94.8 cm³/mol. The molecule has 0 aliphatic carbocycles. The third kappa shape index (κ3) is 3.51. The van der Waals surface area contributed by atoms with E-state index in [4.69, 9.17) is 11.6 Å². The molecule has 0 bridgehead atoms. The lowest BCUT2D eigenvalue weighted by atomic mass is 10.1. The fourth-order valence-corrected chi connectivity index (χ4v) is 3.57. The topological polar surface area (TPSA) is 49.0 Å². The molecule has 0 saturated carbocycles. The van der Waals surface area contributed by atoms with Crippen LogP contribution in [-0.4, -0.2) is 34.9 Å². The van der Waals surface area contributed by atoms with E-state index in [1.165, 1.54) is 11.8 Å². The van der Waals surface area contributed by atoms with Gasteiger partial charge in [0.25, 0.3) is 0 Å². The Kier molecular flexibility index (Phi) is 4.59. The van der Waals surface area contributed by atoms with Gasteiger partial charge in [-0.1, -0.05) is 53.7 Å². The number of likely N-dealkylation sites (N-methyl/N-ethyl adjacent to an activating group) is 1. The van der Waals surface area contributed by atoms with Gasteiger partial charge in [-0.2, -0.15) is 0 Å². The molecule has 118 valence electrons. The minimum absolute atomic E-state index is 0.0275. The minimum atomic E-state index is -0.345. The Morgan fingerprint density at radius 1 is 1.22 bits per heavy atom. The van der Waals surface area contributed by atoms with Crippen molar-refractivity contribution in [2.75, 3.05) is 14.1 Å². The fourth-order valence-electron chi connectivity index (χ4n) is 2.25. The number of rotatable bonds is 4. The second-order valence-electron chi connectivity index (χ2n) is 5.34. The molecular weight excluding hydrogens is 330 g/mol. The van der Waals surface area contributed by atoms with Gasteiger partial charge >= 0.3 is 0 Å². The summed E-state index contributed by atoms with van der Waals surface area (Å²) in [5.74, 6) is 0.0275. The standard InChI is InChI=1S/C17H16ClN3OS/c1-21(2)16(22)15(11-6-4-3-5-7-11)23-17-19-13-9-8-12(18)10-14(13)20-17/h3-10,15H,1-2H3,(H,19,20). The number of nitrogens with one attached hydrogen (secondary N) is 1. The number of fused-ring (bicyclic) bond motifs is 1. The first-order chi connectivity index (χ1) is 11.0. The quantitative estimate of drug-likeness (QED) is 0.723. The number of benzene rings is 2. The molecule has 0 aliphatic rings. The van der Waals surface area contributed by atoms with Crippen LogP contribution in [0.2, 0.25) is 5.02 Å². The van der Waals surface area contributed by atoms with E-state index in [9.17, 15) is 4.79 Å². The van der Waals surface area contributed by atoms with Crippen molar-refractivity contribution in [1.82, 2.24) is 14.9 Å². The lowest BCUT2D eigenvalue weighted by molar-refractivity contribution is -0.128. The highest BCUT2D eigenvalue weighted by molar-refractivity contribution is 8.00. The van der Waals surface area contributed by atoms with Gasteiger partial charge in [-0.25, -0.2) is 4.98 Å². The molecule has 23 heavy (non-hydrogen) atoms. The molecule has 1 unspecified atom stereocenters. The molecular formula is C17H16ClN3OS. The molecule has 2 aromatic carbocycles. The Morgan fingerprint density at radius 2 is 1.96 bits per heavy atom. The number of amides is 1.